The number of aliphatic carboxylic acids is 1. The second kappa shape index (κ2) is 5.12. The van der Waals surface area contributed by atoms with Gasteiger partial charge < -0.3 is 10.4 Å². The number of aromatic nitrogens is 1. The Morgan fingerprint density at radius 3 is 2.93 bits per heavy atom. The fourth-order valence-electron chi connectivity index (χ4n) is 0.875. The number of carbonyl (C=O) groups is 2. The second-order valence-corrected chi connectivity index (χ2v) is 3.36. The van der Waals surface area contributed by atoms with Crippen molar-refractivity contribution in [3.05, 3.63) is 16.6 Å². The molecule has 15 heavy (non-hydrogen) atoms. The van der Waals surface area contributed by atoms with Crippen molar-refractivity contribution in [1.29, 1.82) is 0 Å². The lowest BCUT2D eigenvalue weighted by atomic mass is 10.2. The molecule has 0 aliphatic heterocycles. The van der Waals surface area contributed by atoms with E-state index in [1.807, 2.05) is 0 Å². The highest BCUT2D eigenvalue weighted by Gasteiger charge is 2.20. The Labute approximate surface area is 90.1 Å². The molecule has 1 aromatic heterocycles. The molecule has 0 aromatic carbocycles. The predicted octanol–water partition coefficient (Wildman–Crippen LogP) is 0.349. The monoisotopic (exact) mass is 224 g/mol. The molecule has 1 amide bonds. The summed E-state index contributed by atoms with van der Waals surface area (Å²) in [6, 6.07) is -1.07. The van der Waals surface area contributed by atoms with E-state index in [0.717, 1.165) is 0 Å². The van der Waals surface area contributed by atoms with Crippen LogP contribution in [0.15, 0.2) is 10.9 Å². The molecule has 0 saturated heterocycles. The summed E-state index contributed by atoms with van der Waals surface area (Å²) in [4.78, 5) is 25.8. The summed E-state index contributed by atoms with van der Waals surface area (Å²) < 4.78 is 0. The number of hydrogen-bond acceptors (Lipinski definition) is 4. The van der Waals surface area contributed by atoms with E-state index < -0.39 is 17.9 Å². The molecule has 0 aliphatic carbocycles. The lowest BCUT2D eigenvalue weighted by Crippen LogP contribution is -2.40. The number of nitrogens with one attached hydrogen (secondary N) is 1. The molecule has 0 saturated carbocycles. The van der Waals surface area contributed by atoms with Gasteiger partial charge in [0.25, 0.3) is 5.91 Å². The van der Waals surface area contributed by atoms with Crippen LogP contribution in [0.25, 0.3) is 0 Å². The van der Waals surface area contributed by atoms with E-state index in [4.69, 9.17) is 11.5 Å². The Balaban J connectivity index is 2.64. The van der Waals surface area contributed by atoms with Gasteiger partial charge in [0.1, 0.15) is 11.7 Å². The molecule has 0 spiro atoms. The maximum Gasteiger partial charge on any atom is 0.327 e. The van der Waals surface area contributed by atoms with Gasteiger partial charge in [0.15, 0.2) is 0 Å². The zero-order valence-corrected chi connectivity index (χ0v) is 8.45. The third kappa shape index (κ3) is 3.07. The minimum absolute atomic E-state index is 0.0504. The Kier molecular flexibility index (Phi) is 3.83. The molecule has 5 nitrogen and oxygen atoms in total. The number of amides is 1. The van der Waals surface area contributed by atoms with Crippen molar-refractivity contribution in [2.24, 2.45) is 0 Å². The molecule has 0 bridgehead atoms. The van der Waals surface area contributed by atoms with Gasteiger partial charge in [-0.25, -0.2) is 9.78 Å². The van der Waals surface area contributed by atoms with Crippen LogP contribution in [-0.4, -0.2) is 28.0 Å². The zero-order chi connectivity index (χ0) is 11.3. The molecule has 0 aliphatic rings. The van der Waals surface area contributed by atoms with Gasteiger partial charge in [0, 0.05) is 11.8 Å². The van der Waals surface area contributed by atoms with E-state index >= 15 is 0 Å². The minimum atomic E-state index is -1.16. The maximum atomic E-state index is 11.4. The van der Waals surface area contributed by atoms with Gasteiger partial charge in [-0.15, -0.1) is 23.7 Å². The molecule has 1 heterocycles. The molecule has 1 aromatic rings. The topological polar surface area (TPSA) is 79.3 Å². The van der Waals surface area contributed by atoms with Crippen molar-refractivity contribution in [1.82, 2.24) is 10.3 Å². The zero-order valence-electron chi connectivity index (χ0n) is 7.64. The predicted molar refractivity (Wildman–Crippen MR) is 54.5 cm³/mol. The van der Waals surface area contributed by atoms with E-state index in [1.165, 1.54) is 22.2 Å². The van der Waals surface area contributed by atoms with Crippen molar-refractivity contribution >= 4 is 23.2 Å². The summed E-state index contributed by atoms with van der Waals surface area (Å²) in [6.07, 6.45) is 4.93. The van der Waals surface area contributed by atoms with E-state index in [1.54, 1.807) is 0 Å². The van der Waals surface area contributed by atoms with E-state index in [9.17, 15) is 9.59 Å². The van der Waals surface area contributed by atoms with Crippen molar-refractivity contribution in [3.8, 4) is 12.3 Å². The van der Waals surface area contributed by atoms with Crippen molar-refractivity contribution in [3.63, 3.8) is 0 Å². The molecule has 0 fully saturated rings. The quantitative estimate of drug-likeness (QED) is 0.723. The Morgan fingerprint density at radius 1 is 1.73 bits per heavy atom. The first-order valence-corrected chi connectivity index (χ1v) is 4.94. The van der Waals surface area contributed by atoms with Crippen LogP contribution in [0.1, 0.15) is 16.9 Å². The van der Waals surface area contributed by atoms with Gasteiger partial charge in [-0.2, -0.15) is 0 Å². The maximum absolute atomic E-state index is 11.4. The van der Waals surface area contributed by atoms with Crippen molar-refractivity contribution < 1.29 is 14.7 Å². The largest absolute Gasteiger partial charge is 0.480 e. The summed E-state index contributed by atoms with van der Waals surface area (Å²) in [5.41, 5.74) is 1.69. The van der Waals surface area contributed by atoms with Gasteiger partial charge in [0.05, 0.1) is 5.51 Å². The highest BCUT2D eigenvalue weighted by molar-refractivity contribution is 7.07. The summed E-state index contributed by atoms with van der Waals surface area (Å²) in [7, 11) is 0. The summed E-state index contributed by atoms with van der Waals surface area (Å²) in [6.45, 7) is 0. The number of hydrogen-bond donors (Lipinski definition) is 2. The molecule has 1 rings (SSSR count). The van der Waals surface area contributed by atoms with Gasteiger partial charge in [0.2, 0.25) is 0 Å². The standard InChI is InChI=1S/C9H8N2O3S/c1-2-3-6(9(13)14)11-8(12)7-4-15-5-10-7/h1,4-6H,3H2,(H,11,12)(H,13,14). The number of thiazole rings is 1. The van der Waals surface area contributed by atoms with Crippen LogP contribution in [0.3, 0.4) is 0 Å². The van der Waals surface area contributed by atoms with Crippen LogP contribution in [0, 0.1) is 12.3 Å². The van der Waals surface area contributed by atoms with Crippen molar-refractivity contribution in [2.75, 3.05) is 0 Å². The fraction of sp³-hybridized carbons (Fsp3) is 0.222. The van der Waals surface area contributed by atoms with Gasteiger partial charge in [-0.3, -0.25) is 4.79 Å². The number of nitrogens with zero attached hydrogens (tertiary/aromatic N) is 1. The van der Waals surface area contributed by atoms with Gasteiger partial charge in [-0.1, -0.05) is 0 Å². The number of carbonyl (C=O) groups excluding carboxylic acids is 1. The van der Waals surface area contributed by atoms with Crippen molar-refractivity contribution in [2.45, 2.75) is 12.5 Å². The Bertz CT molecular complexity index is 394. The third-order valence-electron chi connectivity index (χ3n) is 1.59. The molecule has 0 radical (unpaired) electrons. The average Bonchev–Trinajstić information content (AvgIpc) is 2.69. The highest BCUT2D eigenvalue weighted by atomic mass is 32.1. The smallest absolute Gasteiger partial charge is 0.327 e. The molecule has 2 N–H and O–H groups in total. The molecular formula is C9H8N2O3S. The molecule has 1 unspecified atom stereocenters. The van der Waals surface area contributed by atoms with Crippen LogP contribution in [-0.2, 0) is 4.79 Å². The first-order chi connectivity index (χ1) is 7.15. The minimum Gasteiger partial charge on any atom is -0.480 e. The molecular weight excluding hydrogens is 216 g/mol. The van der Waals surface area contributed by atoms with Gasteiger partial charge in [-0.05, 0) is 0 Å². The summed E-state index contributed by atoms with van der Waals surface area (Å²) >= 11 is 1.26. The van der Waals surface area contributed by atoms with E-state index in [2.05, 4.69) is 16.2 Å². The normalized spacial score (nSPS) is 11.4. The third-order valence-corrected chi connectivity index (χ3v) is 2.18. The number of rotatable bonds is 4. The summed E-state index contributed by atoms with van der Waals surface area (Å²) in [5, 5.41) is 12.5. The first-order valence-electron chi connectivity index (χ1n) is 4.00. The SMILES string of the molecule is C#CCC(NC(=O)c1cscn1)C(=O)O. The lowest BCUT2D eigenvalue weighted by Gasteiger charge is -2.09. The number of carboxylic acids is 1. The van der Waals surface area contributed by atoms with Crippen LogP contribution in [0.2, 0.25) is 0 Å². The van der Waals surface area contributed by atoms with Crippen LogP contribution in [0.4, 0.5) is 0 Å². The first kappa shape index (κ1) is 11.2. The molecule has 78 valence electrons. The number of carboxylic acid groups (broad SMARTS) is 1. The highest BCUT2D eigenvalue weighted by Crippen LogP contribution is 2.01. The molecule has 1 atom stereocenters. The van der Waals surface area contributed by atoms with Gasteiger partial charge >= 0.3 is 5.97 Å². The van der Waals surface area contributed by atoms with Crippen LogP contribution in [0.5, 0.6) is 0 Å². The second-order valence-electron chi connectivity index (χ2n) is 2.65. The molecule has 6 heteroatoms. The Morgan fingerprint density at radius 2 is 2.47 bits per heavy atom. The average molecular weight is 224 g/mol. The Hall–Kier alpha value is -1.87. The van der Waals surface area contributed by atoms with E-state index in [-0.39, 0.29) is 12.1 Å². The van der Waals surface area contributed by atoms with E-state index in [0.29, 0.717) is 0 Å². The summed E-state index contributed by atoms with van der Waals surface area (Å²) in [5.74, 6) is 0.502. The van der Waals surface area contributed by atoms with Crippen LogP contribution < -0.4 is 5.32 Å². The van der Waals surface area contributed by atoms with Crippen LogP contribution >= 0.6 is 11.3 Å². The lowest BCUT2D eigenvalue weighted by molar-refractivity contribution is -0.139. The fourth-order valence-corrected chi connectivity index (χ4v) is 1.41. The number of terminal acetylenes is 1.